The van der Waals surface area contributed by atoms with E-state index >= 15 is 0 Å². The van der Waals surface area contributed by atoms with Gasteiger partial charge >= 0.3 is 0 Å². The van der Waals surface area contributed by atoms with Crippen LogP contribution in [-0.4, -0.2) is 46.5 Å². The van der Waals surface area contributed by atoms with E-state index in [2.05, 4.69) is 0 Å². The molecule has 138 valence electrons. The van der Waals surface area contributed by atoms with Crippen molar-refractivity contribution in [3.8, 4) is 0 Å². The van der Waals surface area contributed by atoms with Crippen LogP contribution >= 0.6 is 0 Å². The Balaban J connectivity index is 1.81. The first-order valence-electron chi connectivity index (χ1n) is 8.08. The van der Waals surface area contributed by atoms with Crippen LogP contribution in [0, 0.1) is 0 Å². The predicted molar refractivity (Wildman–Crippen MR) is 99.9 cm³/mol. The van der Waals surface area contributed by atoms with Gasteiger partial charge in [-0.05, 0) is 42.8 Å². The zero-order valence-corrected chi connectivity index (χ0v) is 15.8. The summed E-state index contributed by atoms with van der Waals surface area (Å²) in [6, 6.07) is 14.8. The van der Waals surface area contributed by atoms with Gasteiger partial charge in [-0.1, -0.05) is 18.2 Å². The lowest BCUT2D eigenvalue weighted by molar-refractivity contribution is 0.0993. The molecule has 0 spiro atoms. The minimum Gasteiger partial charge on any atom is -0.311 e. The van der Waals surface area contributed by atoms with Gasteiger partial charge in [0.05, 0.1) is 21.7 Å². The summed E-state index contributed by atoms with van der Waals surface area (Å²) >= 11 is 0. The number of amides is 1. The first-order chi connectivity index (χ1) is 12.2. The quantitative estimate of drug-likeness (QED) is 0.792. The van der Waals surface area contributed by atoms with Crippen LogP contribution in [0.3, 0.4) is 0 Å². The van der Waals surface area contributed by atoms with Crippen molar-refractivity contribution in [2.45, 2.75) is 16.6 Å². The van der Waals surface area contributed by atoms with Crippen LogP contribution in [0.15, 0.2) is 59.5 Å². The van der Waals surface area contributed by atoms with Crippen LogP contribution in [0.1, 0.15) is 16.8 Å². The lowest BCUT2D eigenvalue weighted by Gasteiger charge is -2.17. The molecule has 0 N–H and O–H groups in total. The molecule has 0 unspecified atom stereocenters. The number of carbonyl (C=O) groups is 1. The highest BCUT2D eigenvalue weighted by molar-refractivity contribution is 7.96. The fraction of sp³-hybridized carbons (Fsp3) is 0.278. The number of sulfone groups is 2. The van der Waals surface area contributed by atoms with Gasteiger partial charge in [0.15, 0.2) is 19.7 Å². The molecule has 0 radical (unpaired) electrons. The van der Waals surface area contributed by atoms with Crippen LogP contribution in [0.5, 0.6) is 0 Å². The summed E-state index contributed by atoms with van der Waals surface area (Å²) in [7, 11) is -5.37. The first kappa shape index (κ1) is 18.6. The molecule has 0 aromatic heterocycles. The Hall–Kier alpha value is -2.19. The first-order valence-corrected chi connectivity index (χ1v) is 11.4. The third-order valence-corrected chi connectivity index (χ3v) is 8.70. The van der Waals surface area contributed by atoms with E-state index < -0.39 is 24.9 Å². The van der Waals surface area contributed by atoms with Crippen molar-refractivity contribution >= 4 is 31.3 Å². The Morgan fingerprint density at radius 1 is 1.04 bits per heavy atom. The number of nitrogens with zero attached hydrogens (tertiary/aromatic N) is 1. The SMILES string of the molecule is CN(C(=O)c1ccc(S(=O)(=O)[C@H]2CCS(=O)(=O)C2)cc1)c1ccccc1. The van der Waals surface area contributed by atoms with E-state index in [9.17, 15) is 21.6 Å². The van der Waals surface area contributed by atoms with Crippen LogP contribution in [-0.2, 0) is 19.7 Å². The molecule has 1 fully saturated rings. The van der Waals surface area contributed by atoms with Gasteiger partial charge in [-0.3, -0.25) is 4.79 Å². The zero-order chi connectivity index (χ0) is 18.9. The van der Waals surface area contributed by atoms with E-state index in [-0.39, 0.29) is 28.7 Å². The van der Waals surface area contributed by atoms with Crippen molar-refractivity contribution < 1.29 is 21.6 Å². The monoisotopic (exact) mass is 393 g/mol. The molecule has 0 saturated carbocycles. The highest BCUT2D eigenvalue weighted by Crippen LogP contribution is 2.26. The summed E-state index contributed by atoms with van der Waals surface area (Å²) in [6.07, 6.45) is 0.113. The molecule has 1 aliphatic rings. The Morgan fingerprint density at radius 3 is 2.19 bits per heavy atom. The fourth-order valence-corrected chi connectivity index (χ4v) is 7.31. The van der Waals surface area contributed by atoms with Crippen LogP contribution in [0.2, 0.25) is 0 Å². The average Bonchev–Trinajstić information content (AvgIpc) is 3.02. The van der Waals surface area contributed by atoms with Crippen molar-refractivity contribution in [1.29, 1.82) is 0 Å². The lowest BCUT2D eigenvalue weighted by Crippen LogP contribution is -2.26. The number of carbonyl (C=O) groups excluding carboxylic acids is 1. The third-order valence-electron chi connectivity index (χ3n) is 4.51. The van der Waals surface area contributed by atoms with Gasteiger partial charge in [0.1, 0.15) is 0 Å². The predicted octanol–water partition coefficient (Wildman–Crippen LogP) is 1.92. The van der Waals surface area contributed by atoms with E-state index in [0.29, 0.717) is 5.56 Å². The normalized spacial score (nSPS) is 19.2. The second-order valence-corrected chi connectivity index (χ2v) is 10.8. The van der Waals surface area contributed by atoms with Gasteiger partial charge in [0, 0.05) is 18.3 Å². The molecular formula is C18H19NO5S2. The van der Waals surface area contributed by atoms with Gasteiger partial charge in [-0.2, -0.15) is 0 Å². The lowest BCUT2D eigenvalue weighted by atomic mass is 10.2. The highest BCUT2D eigenvalue weighted by atomic mass is 32.2. The van der Waals surface area contributed by atoms with Crippen molar-refractivity contribution in [3.63, 3.8) is 0 Å². The third kappa shape index (κ3) is 3.66. The maximum absolute atomic E-state index is 12.6. The van der Waals surface area contributed by atoms with E-state index in [1.54, 1.807) is 19.2 Å². The summed E-state index contributed by atoms with van der Waals surface area (Å²) in [4.78, 5) is 14.1. The van der Waals surface area contributed by atoms with Gasteiger partial charge in [-0.25, -0.2) is 16.8 Å². The molecule has 1 atom stereocenters. The molecule has 1 heterocycles. The molecule has 26 heavy (non-hydrogen) atoms. The number of anilines is 1. The molecule has 2 aromatic carbocycles. The summed E-state index contributed by atoms with van der Waals surface area (Å²) in [6.45, 7) is 0. The molecule has 3 rings (SSSR count). The van der Waals surface area contributed by atoms with Gasteiger partial charge in [0.25, 0.3) is 5.91 Å². The number of benzene rings is 2. The Morgan fingerprint density at radius 2 is 1.65 bits per heavy atom. The fourth-order valence-electron chi connectivity index (χ4n) is 2.95. The molecule has 1 saturated heterocycles. The largest absolute Gasteiger partial charge is 0.311 e. The number of hydrogen-bond acceptors (Lipinski definition) is 5. The number of rotatable bonds is 4. The van der Waals surface area contributed by atoms with Crippen molar-refractivity contribution in [2.24, 2.45) is 0 Å². The maximum Gasteiger partial charge on any atom is 0.258 e. The van der Waals surface area contributed by atoms with Crippen molar-refractivity contribution in [3.05, 3.63) is 60.2 Å². The Labute approximate surface area is 153 Å². The molecule has 2 aromatic rings. The van der Waals surface area contributed by atoms with Gasteiger partial charge < -0.3 is 4.90 Å². The average molecular weight is 393 g/mol. The van der Waals surface area contributed by atoms with Gasteiger partial charge in [0.2, 0.25) is 0 Å². The van der Waals surface area contributed by atoms with Crippen LogP contribution in [0.25, 0.3) is 0 Å². The molecule has 0 bridgehead atoms. The molecule has 0 aliphatic carbocycles. The molecule has 8 heteroatoms. The summed E-state index contributed by atoms with van der Waals surface area (Å²) < 4.78 is 48.3. The van der Waals surface area contributed by atoms with E-state index in [1.165, 1.54) is 29.2 Å². The van der Waals surface area contributed by atoms with Crippen molar-refractivity contribution in [2.75, 3.05) is 23.5 Å². The summed E-state index contributed by atoms with van der Waals surface area (Å²) in [5.41, 5.74) is 1.08. The minimum atomic E-state index is -3.73. The smallest absolute Gasteiger partial charge is 0.258 e. The Bertz CT molecular complexity index is 1010. The molecular weight excluding hydrogens is 374 g/mol. The van der Waals surface area contributed by atoms with E-state index in [1.807, 2.05) is 18.2 Å². The topological polar surface area (TPSA) is 88.6 Å². The number of para-hydroxylation sites is 1. The second kappa shape index (κ2) is 6.85. The van der Waals surface area contributed by atoms with Crippen LogP contribution < -0.4 is 4.90 Å². The molecule has 1 aliphatic heterocycles. The van der Waals surface area contributed by atoms with Gasteiger partial charge in [-0.15, -0.1) is 0 Å². The standard InChI is InChI=1S/C18H19NO5S2/c1-19(15-5-3-2-4-6-15)18(20)14-7-9-16(10-8-14)26(23,24)17-11-12-25(21,22)13-17/h2-10,17H,11-13H2,1H3/t17-/m0/s1. The highest BCUT2D eigenvalue weighted by Gasteiger charge is 2.38. The maximum atomic E-state index is 12.6. The second-order valence-electron chi connectivity index (χ2n) is 6.29. The minimum absolute atomic E-state index is 0.0403. The van der Waals surface area contributed by atoms with E-state index in [4.69, 9.17) is 0 Å². The zero-order valence-electron chi connectivity index (χ0n) is 14.2. The van der Waals surface area contributed by atoms with E-state index in [0.717, 1.165) is 5.69 Å². The number of hydrogen-bond donors (Lipinski definition) is 0. The van der Waals surface area contributed by atoms with Crippen molar-refractivity contribution in [1.82, 2.24) is 0 Å². The summed E-state index contributed by atoms with van der Waals surface area (Å²) in [5.74, 6) is -0.703. The molecule has 1 amide bonds. The van der Waals surface area contributed by atoms with Crippen LogP contribution in [0.4, 0.5) is 5.69 Å². The molecule has 6 nitrogen and oxygen atoms in total. The Kier molecular flexibility index (Phi) is 4.90. The summed E-state index contributed by atoms with van der Waals surface area (Å²) in [5, 5.41) is -0.916.